The van der Waals surface area contributed by atoms with Gasteiger partial charge in [0.2, 0.25) is 11.8 Å². The average Bonchev–Trinajstić information content (AvgIpc) is 3.32. The molecule has 0 spiro atoms. The summed E-state index contributed by atoms with van der Waals surface area (Å²) in [6.07, 6.45) is 5.06. The minimum atomic E-state index is 0.137. The van der Waals surface area contributed by atoms with Crippen molar-refractivity contribution in [2.45, 2.75) is 38.6 Å². The van der Waals surface area contributed by atoms with Crippen LogP contribution >= 0.6 is 11.3 Å². The Kier molecular flexibility index (Phi) is 5.08. The van der Waals surface area contributed by atoms with E-state index in [2.05, 4.69) is 16.3 Å². The Morgan fingerprint density at radius 2 is 1.80 bits per heavy atom. The predicted molar refractivity (Wildman–Crippen MR) is 98.4 cm³/mol. The van der Waals surface area contributed by atoms with Gasteiger partial charge in [-0.15, -0.1) is 11.3 Å². The second kappa shape index (κ2) is 7.46. The maximum absolute atomic E-state index is 12.9. The smallest absolute Gasteiger partial charge is 0.236 e. The molecule has 2 fully saturated rings. The van der Waals surface area contributed by atoms with Gasteiger partial charge in [-0.05, 0) is 62.2 Å². The number of piperidine rings is 1. The molecule has 0 saturated carbocycles. The summed E-state index contributed by atoms with van der Waals surface area (Å²) in [5, 5.41) is 2.13. The third-order valence-electron chi connectivity index (χ3n) is 5.87. The molecule has 3 aliphatic rings. The fraction of sp³-hybridized carbons (Fsp3) is 0.684. The highest BCUT2D eigenvalue weighted by atomic mass is 32.1. The van der Waals surface area contributed by atoms with Gasteiger partial charge in [-0.2, -0.15) is 0 Å². The largest absolute Gasteiger partial charge is 0.342 e. The molecule has 4 rings (SSSR count). The summed E-state index contributed by atoms with van der Waals surface area (Å²) >= 11 is 1.81. The topological polar surface area (TPSA) is 43.9 Å². The van der Waals surface area contributed by atoms with Crippen LogP contribution in [0.25, 0.3) is 0 Å². The number of rotatable bonds is 3. The van der Waals surface area contributed by atoms with Crippen molar-refractivity contribution in [2.24, 2.45) is 5.92 Å². The zero-order valence-corrected chi connectivity index (χ0v) is 15.6. The first-order chi connectivity index (χ1) is 12.2. The molecule has 2 saturated heterocycles. The lowest BCUT2D eigenvalue weighted by Gasteiger charge is -2.35. The first-order valence-corrected chi connectivity index (χ1v) is 10.4. The van der Waals surface area contributed by atoms with Crippen molar-refractivity contribution in [1.29, 1.82) is 0 Å². The molecule has 0 unspecified atom stereocenters. The number of hydrogen-bond acceptors (Lipinski definition) is 4. The SMILES string of the molecule is O=C(CN1CCC(C(=O)N2CCc3sccc3C2)CC1)N1CCCC1. The summed E-state index contributed by atoms with van der Waals surface area (Å²) in [6, 6.07) is 2.16. The van der Waals surface area contributed by atoms with E-state index in [9.17, 15) is 9.59 Å². The lowest BCUT2D eigenvalue weighted by atomic mass is 9.94. The fourth-order valence-corrected chi connectivity index (χ4v) is 5.18. The van der Waals surface area contributed by atoms with Gasteiger partial charge in [-0.25, -0.2) is 0 Å². The van der Waals surface area contributed by atoms with E-state index < -0.39 is 0 Å². The van der Waals surface area contributed by atoms with E-state index in [0.29, 0.717) is 12.5 Å². The Morgan fingerprint density at radius 3 is 2.56 bits per heavy atom. The van der Waals surface area contributed by atoms with Crippen LogP contribution in [0.1, 0.15) is 36.1 Å². The van der Waals surface area contributed by atoms with Gasteiger partial charge in [0, 0.05) is 37.0 Å². The normalized spacial score (nSPS) is 22.2. The molecule has 0 bridgehead atoms. The third-order valence-corrected chi connectivity index (χ3v) is 6.90. The zero-order valence-electron chi connectivity index (χ0n) is 14.8. The van der Waals surface area contributed by atoms with Gasteiger partial charge in [0.05, 0.1) is 6.54 Å². The molecule has 3 aliphatic heterocycles. The molecule has 6 heteroatoms. The molecule has 0 N–H and O–H groups in total. The number of amides is 2. The Morgan fingerprint density at radius 1 is 1.04 bits per heavy atom. The minimum Gasteiger partial charge on any atom is -0.342 e. The molecular formula is C19H27N3O2S. The summed E-state index contributed by atoms with van der Waals surface area (Å²) in [7, 11) is 0. The molecule has 0 atom stereocenters. The molecule has 4 heterocycles. The van der Waals surface area contributed by atoms with Crippen molar-refractivity contribution in [3.63, 3.8) is 0 Å². The molecule has 0 radical (unpaired) electrons. The van der Waals surface area contributed by atoms with Gasteiger partial charge in [-0.1, -0.05) is 0 Å². The van der Waals surface area contributed by atoms with Gasteiger partial charge >= 0.3 is 0 Å². The van der Waals surface area contributed by atoms with Crippen LogP contribution in [0.15, 0.2) is 11.4 Å². The first kappa shape index (κ1) is 17.0. The highest BCUT2D eigenvalue weighted by Gasteiger charge is 2.31. The molecular weight excluding hydrogens is 334 g/mol. The highest BCUT2D eigenvalue weighted by Crippen LogP contribution is 2.27. The van der Waals surface area contributed by atoms with Crippen LogP contribution in [-0.4, -0.2) is 65.8 Å². The number of carbonyl (C=O) groups is 2. The van der Waals surface area contributed by atoms with E-state index in [1.807, 2.05) is 21.1 Å². The monoisotopic (exact) mass is 361 g/mol. The van der Waals surface area contributed by atoms with Crippen molar-refractivity contribution in [3.05, 3.63) is 21.9 Å². The van der Waals surface area contributed by atoms with Crippen LogP contribution < -0.4 is 0 Å². The average molecular weight is 362 g/mol. The van der Waals surface area contributed by atoms with E-state index in [0.717, 1.165) is 71.4 Å². The number of likely N-dealkylation sites (tertiary alicyclic amines) is 2. The highest BCUT2D eigenvalue weighted by molar-refractivity contribution is 7.10. The van der Waals surface area contributed by atoms with Crippen LogP contribution in [0.4, 0.5) is 0 Å². The van der Waals surface area contributed by atoms with Gasteiger partial charge in [-0.3, -0.25) is 14.5 Å². The second-order valence-corrected chi connectivity index (χ2v) is 8.52. The Balaban J connectivity index is 1.25. The van der Waals surface area contributed by atoms with Gasteiger partial charge in [0.1, 0.15) is 0 Å². The van der Waals surface area contributed by atoms with Crippen LogP contribution in [0.5, 0.6) is 0 Å². The van der Waals surface area contributed by atoms with Crippen molar-refractivity contribution in [1.82, 2.24) is 14.7 Å². The lowest BCUT2D eigenvalue weighted by Crippen LogP contribution is -2.46. The van der Waals surface area contributed by atoms with Gasteiger partial charge < -0.3 is 9.80 Å². The maximum Gasteiger partial charge on any atom is 0.236 e. The van der Waals surface area contributed by atoms with Crippen LogP contribution in [0.3, 0.4) is 0 Å². The number of hydrogen-bond donors (Lipinski definition) is 0. The Labute approximate surface area is 153 Å². The number of nitrogens with zero attached hydrogens (tertiary/aromatic N) is 3. The van der Waals surface area contributed by atoms with E-state index in [1.165, 1.54) is 10.4 Å². The van der Waals surface area contributed by atoms with Crippen LogP contribution in [0.2, 0.25) is 0 Å². The summed E-state index contributed by atoms with van der Waals surface area (Å²) in [6.45, 7) is 5.76. The van der Waals surface area contributed by atoms with Crippen molar-refractivity contribution in [3.8, 4) is 0 Å². The molecule has 0 aliphatic carbocycles. The van der Waals surface area contributed by atoms with E-state index in [-0.39, 0.29) is 11.8 Å². The van der Waals surface area contributed by atoms with E-state index in [1.54, 1.807) is 0 Å². The predicted octanol–water partition coefficient (Wildman–Crippen LogP) is 1.97. The van der Waals surface area contributed by atoms with Crippen LogP contribution in [0, 0.1) is 5.92 Å². The molecule has 1 aromatic heterocycles. The number of thiophene rings is 1. The third kappa shape index (κ3) is 3.75. The van der Waals surface area contributed by atoms with Gasteiger partial charge in [0.15, 0.2) is 0 Å². The van der Waals surface area contributed by atoms with Crippen LogP contribution in [-0.2, 0) is 22.6 Å². The maximum atomic E-state index is 12.9. The molecule has 25 heavy (non-hydrogen) atoms. The molecule has 0 aromatic carbocycles. The number of carbonyl (C=O) groups excluding carboxylic acids is 2. The van der Waals surface area contributed by atoms with E-state index in [4.69, 9.17) is 0 Å². The Hall–Kier alpha value is -1.40. The Bertz CT molecular complexity index is 630. The number of fused-ring (bicyclic) bond motifs is 1. The quantitative estimate of drug-likeness (QED) is 0.827. The summed E-state index contributed by atoms with van der Waals surface area (Å²) < 4.78 is 0. The molecule has 1 aromatic rings. The molecule has 136 valence electrons. The van der Waals surface area contributed by atoms with E-state index >= 15 is 0 Å². The minimum absolute atomic E-state index is 0.137. The van der Waals surface area contributed by atoms with Crippen molar-refractivity contribution >= 4 is 23.2 Å². The summed E-state index contributed by atoms with van der Waals surface area (Å²) in [5.74, 6) is 0.726. The molecule has 2 amide bonds. The van der Waals surface area contributed by atoms with Gasteiger partial charge in [0.25, 0.3) is 0 Å². The first-order valence-electron chi connectivity index (χ1n) is 9.55. The second-order valence-electron chi connectivity index (χ2n) is 7.52. The standard InChI is InChI=1S/C19H27N3O2S/c23-18(21-7-1-2-8-21)14-20-9-3-15(4-10-20)19(24)22-11-5-17-16(13-22)6-12-25-17/h6,12,15H,1-5,7-11,13-14H2. The summed E-state index contributed by atoms with van der Waals surface area (Å²) in [4.78, 5) is 32.8. The fourth-order valence-electron chi connectivity index (χ4n) is 4.29. The van der Waals surface area contributed by atoms with Crippen molar-refractivity contribution < 1.29 is 9.59 Å². The lowest BCUT2D eigenvalue weighted by molar-refractivity contribution is -0.138. The van der Waals surface area contributed by atoms with Crippen molar-refractivity contribution in [2.75, 3.05) is 39.3 Å². The zero-order chi connectivity index (χ0) is 17.2. The molecule has 5 nitrogen and oxygen atoms in total. The summed E-state index contributed by atoms with van der Waals surface area (Å²) in [5.41, 5.74) is 1.33.